The largest absolute Gasteiger partial charge is 0.392 e. The number of hydrogen-bond acceptors (Lipinski definition) is 4. The van der Waals surface area contributed by atoms with Crippen LogP contribution in [-0.4, -0.2) is 27.7 Å². The van der Waals surface area contributed by atoms with Crippen molar-refractivity contribution in [1.82, 2.24) is 15.3 Å². The molecule has 0 aromatic carbocycles. The molecule has 1 atom stereocenters. The maximum atomic E-state index is 8.99. The van der Waals surface area contributed by atoms with Crippen LogP contribution >= 0.6 is 0 Å². The topological polar surface area (TPSA) is 58.0 Å². The van der Waals surface area contributed by atoms with E-state index in [-0.39, 0.29) is 6.10 Å². The van der Waals surface area contributed by atoms with Gasteiger partial charge in [-0.3, -0.25) is 0 Å². The molecule has 0 saturated heterocycles. The van der Waals surface area contributed by atoms with Crippen molar-refractivity contribution in [1.29, 1.82) is 0 Å². The first-order chi connectivity index (χ1) is 6.18. The predicted molar refractivity (Wildman–Crippen MR) is 50.2 cm³/mol. The Morgan fingerprint density at radius 1 is 1.62 bits per heavy atom. The Labute approximate surface area is 78.0 Å². The van der Waals surface area contributed by atoms with Gasteiger partial charge in [0.25, 0.3) is 0 Å². The Morgan fingerprint density at radius 3 is 3.00 bits per heavy atom. The van der Waals surface area contributed by atoms with Crippen LogP contribution in [0.1, 0.15) is 18.4 Å². The van der Waals surface area contributed by atoms with E-state index in [9.17, 15) is 0 Å². The van der Waals surface area contributed by atoms with Crippen molar-refractivity contribution < 1.29 is 5.11 Å². The SMILES string of the molecule is Cc1nccc(CNC[C@@H](C)O)n1. The molecule has 1 rings (SSSR count). The second kappa shape index (κ2) is 4.89. The van der Waals surface area contributed by atoms with Gasteiger partial charge in [-0.25, -0.2) is 9.97 Å². The summed E-state index contributed by atoms with van der Waals surface area (Å²) < 4.78 is 0. The molecule has 4 nitrogen and oxygen atoms in total. The van der Waals surface area contributed by atoms with Gasteiger partial charge in [0, 0.05) is 19.3 Å². The van der Waals surface area contributed by atoms with E-state index in [4.69, 9.17) is 5.11 Å². The van der Waals surface area contributed by atoms with E-state index in [1.165, 1.54) is 0 Å². The maximum absolute atomic E-state index is 8.99. The minimum atomic E-state index is -0.317. The summed E-state index contributed by atoms with van der Waals surface area (Å²) >= 11 is 0. The molecule has 2 N–H and O–H groups in total. The fourth-order valence-electron chi connectivity index (χ4n) is 1.01. The third-order valence-corrected chi connectivity index (χ3v) is 1.58. The van der Waals surface area contributed by atoms with Gasteiger partial charge in [0.15, 0.2) is 0 Å². The number of rotatable bonds is 4. The van der Waals surface area contributed by atoms with E-state index in [0.29, 0.717) is 13.1 Å². The minimum Gasteiger partial charge on any atom is -0.392 e. The van der Waals surface area contributed by atoms with Crippen molar-refractivity contribution in [3.05, 3.63) is 23.8 Å². The minimum absolute atomic E-state index is 0.317. The Kier molecular flexibility index (Phi) is 3.79. The van der Waals surface area contributed by atoms with E-state index in [0.717, 1.165) is 11.5 Å². The summed E-state index contributed by atoms with van der Waals surface area (Å²) in [6.07, 6.45) is 1.42. The van der Waals surface area contributed by atoms with Crippen molar-refractivity contribution in [3.63, 3.8) is 0 Å². The first kappa shape index (κ1) is 10.1. The second-order valence-electron chi connectivity index (χ2n) is 3.08. The van der Waals surface area contributed by atoms with Gasteiger partial charge in [-0.2, -0.15) is 0 Å². The van der Waals surface area contributed by atoms with Crippen molar-refractivity contribution >= 4 is 0 Å². The predicted octanol–water partition coefficient (Wildman–Crippen LogP) is 0.255. The summed E-state index contributed by atoms with van der Waals surface area (Å²) in [6, 6.07) is 1.86. The Bertz CT molecular complexity index is 263. The fraction of sp³-hybridized carbons (Fsp3) is 0.556. The molecule has 0 aliphatic rings. The average Bonchev–Trinajstić information content (AvgIpc) is 2.03. The monoisotopic (exact) mass is 181 g/mol. The van der Waals surface area contributed by atoms with Gasteiger partial charge in [0.1, 0.15) is 5.82 Å². The summed E-state index contributed by atoms with van der Waals surface area (Å²) in [5.74, 6) is 0.774. The molecule has 0 radical (unpaired) electrons. The van der Waals surface area contributed by atoms with Crippen LogP contribution in [0.3, 0.4) is 0 Å². The van der Waals surface area contributed by atoms with E-state index >= 15 is 0 Å². The molecule has 0 saturated carbocycles. The summed E-state index contributed by atoms with van der Waals surface area (Å²) in [4.78, 5) is 8.21. The lowest BCUT2D eigenvalue weighted by Crippen LogP contribution is -2.24. The summed E-state index contributed by atoms with van der Waals surface area (Å²) in [6.45, 7) is 4.87. The van der Waals surface area contributed by atoms with Gasteiger partial charge in [-0.1, -0.05) is 0 Å². The van der Waals surface area contributed by atoms with Crippen molar-refractivity contribution in [3.8, 4) is 0 Å². The Hall–Kier alpha value is -1.00. The third kappa shape index (κ3) is 3.96. The zero-order valence-electron chi connectivity index (χ0n) is 7.99. The van der Waals surface area contributed by atoms with Crippen LogP contribution in [0.4, 0.5) is 0 Å². The molecule has 4 heteroatoms. The van der Waals surface area contributed by atoms with Gasteiger partial charge in [0.2, 0.25) is 0 Å². The quantitative estimate of drug-likeness (QED) is 0.699. The van der Waals surface area contributed by atoms with Crippen LogP contribution in [0.25, 0.3) is 0 Å². The zero-order valence-corrected chi connectivity index (χ0v) is 7.99. The molecule has 72 valence electrons. The Balaban J connectivity index is 2.37. The zero-order chi connectivity index (χ0) is 9.68. The molecule has 1 aromatic rings. The van der Waals surface area contributed by atoms with E-state index in [2.05, 4.69) is 15.3 Å². The highest BCUT2D eigenvalue weighted by atomic mass is 16.3. The summed E-state index contributed by atoms with van der Waals surface area (Å²) in [5.41, 5.74) is 0.952. The molecule has 0 bridgehead atoms. The van der Waals surface area contributed by atoms with Crippen molar-refractivity contribution in [2.45, 2.75) is 26.5 Å². The lowest BCUT2D eigenvalue weighted by molar-refractivity contribution is 0.191. The lowest BCUT2D eigenvalue weighted by Gasteiger charge is -2.06. The molecule has 0 aliphatic carbocycles. The van der Waals surface area contributed by atoms with E-state index in [1.54, 1.807) is 13.1 Å². The number of aliphatic hydroxyl groups excluding tert-OH is 1. The van der Waals surface area contributed by atoms with Crippen LogP contribution in [0.2, 0.25) is 0 Å². The van der Waals surface area contributed by atoms with Crippen molar-refractivity contribution in [2.75, 3.05) is 6.54 Å². The van der Waals surface area contributed by atoms with Gasteiger partial charge in [0.05, 0.1) is 11.8 Å². The fourth-order valence-corrected chi connectivity index (χ4v) is 1.01. The maximum Gasteiger partial charge on any atom is 0.125 e. The van der Waals surface area contributed by atoms with Crippen LogP contribution in [-0.2, 0) is 6.54 Å². The highest BCUT2D eigenvalue weighted by molar-refractivity contribution is 5.00. The standard InChI is InChI=1S/C9H15N3O/c1-7(13)5-10-6-9-3-4-11-8(2)12-9/h3-4,7,10,13H,5-6H2,1-2H3/t7-/m1/s1. The molecular formula is C9H15N3O. The molecule has 1 heterocycles. The van der Waals surface area contributed by atoms with Gasteiger partial charge in [-0.05, 0) is 19.9 Å². The number of hydrogen-bond donors (Lipinski definition) is 2. The molecule has 0 fully saturated rings. The molecule has 0 spiro atoms. The van der Waals surface area contributed by atoms with E-state index in [1.807, 2.05) is 13.0 Å². The van der Waals surface area contributed by atoms with Crippen LogP contribution in [0, 0.1) is 6.92 Å². The molecule has 13 heavy (non-hydrogen) atoms. The second-order valence-corrected chi connectivity index (χ2v) is 3.08. The van der Waals surface area contributed by atoms with Gasteiger partial charge in [-0.15, -0.1) is 0 Å². The summed E-state index contributed by atoms with van der Waals surface area (Å²) in [7, 11) is 0. The molecule has 1 aromatic heterocycles. The first-order valence-electron chi connectivity index (χ1n) is 4.36. The first-order valence-corrected chi connectivity index (χ1v) is 4.36. The molecule has 0 aliphatic heterocycles. The van der Waals surface area contributed by atoms with Crippen LogP contribution < -0.4 is 5.32 Å². The highest BCUT2D eigenvalue weighted by Gasteiger charge is 1.97. The van der Waals surface area contributed by atoms with Crippen LogP contribution in [0.5, 0.6) is 0 Å². The molecule has 0 amide bonds. The number of aliphatic hydroxyl groups is 1. The molecule has 0 unspecified atom stereocenters. The highest BCUT2D eigenvalue weighted by Crippen LogP contribution is 1.93. The normalized spacial score (nSPS) is 12.8. The smallest absolute Gasteiger partial charge is 0.125 e. The average molecular weight is 181 g/mol. The van der Waals surface area contributed by atoms with E-state index < -0.39 is 0 Å². The number of aromatic nitrogens is 2. The molecular weight excluding hydrogens is 166 g/mol. The van der Waals surface area contributed by atoms with Gasteiger partial charge < -0.3 is 10.4 Å². The third-order valence-electron chi connectivity index (χ3n) is 1.58. The number of aryl methyl sites for hydroxylation is 1. The Morgan fingerprint density at radius 2 is 2.38 bits per heavy atom. The summed E-state index contributed by atoms with van der Waals surface area (Å²) in [5, 5.41) is 12.1. The van der Waals surface area contributed by atoms with Crippen molar-refractivity contribution in [2.24, 2.45) is 0 Å². The number of nitrogens with zero attached hydrogens (tertiary/aromatic N) is 2. The van der Waals surface area contributed by atoms with Crippen LogP contribution in [0.15, 0.2) is 12.3 Å². The number of nitrogens with one attached hydrogen (secondary N) is 1. The van der Waals surface area contributed by atoms with Gasteiger partial charge >= 0.3 is 0 Å². The lowest BCUT2D eigenvalue weighted by atomic mass is 10.3.